The Bertz CT molecular complexity index is 217. The molecule has 1 aliphatic heterocycles. The average Bonchev–Trinajstić information content (AvgIpc) is 2.58. The molecule has 1 saturated heterocycles. The van der Waals surface area contributed by atoms with Gasteiger partial charge in [0.2, 0.25) is 0 Å². The van der Waals surface area contributed by atoms with Gasteiger partial charge in [-0.25, -0.2) is 7.92 Å². The molecule has 1 aromatic rings. The number of benzene rings is 1. The van der Waals surface area contributed by atoms with Gasteiger partial charge in [0.15, 0.2) is 0 Å². The molecule has 0 saturated carbocycles. The Balaban J connectivity index is 0.000000720. The fraction of sp³-hybridized carbons (Fsp3) is 0.300. The van der Waals surface area contributed by atoms with Crippen LogP contribution in [0.4, 0.5) is 0 Å². The minimum atomic E-state index is 0. The summed E-state index contributed by atoms with van der Waals surface area (Å²) in [5, 5.41) is 1.56. The summed E-state index contributed by atoms with van der Waals surface area (Å²) < 4.78 is 0. The van der Waals surface area contributed by atoms with E-state index in [9.17, 15) is 0 Å². The molecule has 12 heavy (non-hydrogen) atoms. The Morgan fingerprint density at radius 1 is 1.17 bits per heavy atom. The Morgan fingerprint density at radius 2 is 1.92 bits per heavy atom. The molecule has 1 unspecified atom stereocenters. The van der Waals surface area contributed by atoms with E-state index in [1.165, 1.54) is 19.0 Å². The molecule has 0 aromatic heterocycles. The Labute approximate surface area is 87.7 Å². The fourth-order valence-corrected chi connectivity index (χ4v) is 3.68. The normalized spacial score (nSPS) is 21.8. The van der Waals surface area contributed by atoms with Crippen LogP contribution in [-0.4, -0.2) is 6.16 Å². The maximum atomic E-state index is 2.50. The summed E-state index contributed by atoms with van der Waals surface area (Å²) in [4.78, 5) is 0. The Hall–Kier alpha value is 0.247. The zero-order chi connectivity index (χ0) is 7.52. The molecular weight excluding hydrogens is 158 g/mol. The van der Waals surface area contributed by atoms with Crippen molar-refractivity contribution in [3.63, 3.8) is 0 Å². The van der Waals surface area contributed by atoms with Crippen molar-refractivity contribution >= 4 is 13.2 Å². The van der Waals surface area contributed by atoms with Crippen molar-refractivity contribution < 1.29 is 18.9 Å². The van der Waals surface area contributed by atoms with Crippen LogP contribution in [0, 0.1) is 6.16 Å². The van der Waals surface area contributed by atoms with Crippen LogP contribution in [0.15, 0.2) is 30.3 Å². The van der Waals surface area contributed by atoms with Crippen LogP contribution >= 0.6 is 7.92 Å². The molecule has 2 rings (SSSR count). The fourth-order valence-electron chi connectivity index (χ4n) is 1.45. The van der Waals surface area contributed by atoms with Crippen molar-refractivity contribution in [1.82, 2.24) is 0 Å². The molecule has 0 N–H and O–H groups in total. The second-order valence-corrected chi connectivity index (χ2v) is 5.12. The van der Waals surface area contributed by atoms with Crippen molar-refractivity contribution in [2.75, 3.05) is 6.16 Å². The first-order valence-electron chi connectivity index (χ1n) is 4.12. The van der Waals surface area contributed by atoms with Crippen LogP contribution in [0.3, 0.4) is 0 Å². The number of hydrogen-bond donors (Lipinski definition) is 0. The van der Waals surface area contributed by atoms with E-state index in [4.69, 9.17) is 0 Å². The van der Waals surface area contributed by atoms with E-state index in [1.807, 2.05) is 0 Å². The third-order valence-corrected chi connectivity index (χ3v) is 4.50. The largest absolute Gasteiger partial charge is 1.00 e. The molecule has 0 bridgehead atoms. The first-order valence-corrected chi connectivity index (χ1v) is 5.71. The van der Waals surface area contributed by atoms with Crippen molar-refractivity contribution in [2.45, 2.75) is 12.8 Å². The van der Waals surface area contributed by atoms with Gasteiger partial charge in [0.05, 0.1) is 0 Å². The molecule has 1 fully saturated rings. The van der Waals surface area contributed by atoms with Crippen LogP contribution in [0.25, 0.3) is 0 Å². The molecule has 0 amide bonds. The predicted molar refractivity (Wildman–Crippen MR) is 51.4 cm³/mol. The molecule has 1 aromatic carbocycles. The maximum absolute atomic E-state index is 2.50. The zero-order valence-corrected chi connectivity index (χ0v) is 8.43. The van der Waals surface area contributed by atoms with Crippen molar-refractivity contribution in [3.8, 4) is 0 Å². The van der Waals surface area contributed by atoms with Crippen LogP contribution in [0.5, 0.6) is 0 Å². The SMILES string of the molecule is [Li+].c1ccc(P2[CH-]CCC2)cc1. The first-order chi connectivity index (χ1) is 5.47. The van der Waals surface area contributed by atoms with Gasteiger partial charge < -0.3 is 0 Å². The molecule has 0 aliphatic carbocycles. The molecule has 0 radical (unpaired) electrons. The smallest absolute Gasteiger partial charge is 0.298 e. The van der Waals surface area contributed by atoms with Gasteiger partial charge in [-0.1, -0.05) is 48.2 Å². The molecular formula is C10H12LiP. The summed E-state index contributed by atoms with van der Waals surface area (Å²) in [6.07, 6.45) is 6.66. The topological polar surface area (TPSA) is 0 Å². The van der Waals surface area contributed by atoms with Crippen molar-refractivity contribution in [2.24, 2.45) is 0 Å². The summed E-state index contributed by atoms with van der Waals surface area (Å²) in [7, 11) is 0.135. The molecule has 1 heterocycles. The van der Waals surface area contributed by atoms with Gasteiger partial charge >= 0.3 is 18.9 Å². The van der Waals surface area contributed by atoms with E-state index in [2.05, 4.69) is 36.5 Å². The molecule has 1 atom stereocenters. The van der Waals surface area contributed by atoms with Gasteiger partial charge in [0.1, 0.15) is 0 Å². The third-order valence-electron chi connectivity index (χ3n) is 2.04. The van der Waals surface area contributed by atoms with Crippen LogP contribution in [-0.2, 0) is 0 Å². The van der Waals surface area contributed by atoms with Crippen LogP contribution in [0.1, 0.15) is 12.8 Å². The monoisotopic (exact) mass is 170 g/mol. The molecule has 58 valence electrons. The molecule has 2 heteroatoms. The summed E-state index contributed by atoms with van der Waals surface area (Å²) in [5.74, 6) is 0. The Morgan fingerprint density at radius 3 is 2.50 bits per heavy atom. The number of hydrogen-bond acceptors (Lipinski definition) is 0. The third kappa shape index (κ3) is 2.37. The summed E-state index contributed by atoms with van der Waals surface area (Å²) in [5.41, 5.74) is 0. The summed E-state index contributed by atoms with van der Waals surface area (Å²) in [6, 6.07) is 10.9. The van der Waals surface area contributed by atoms with E-state index in [0.717, 1.165) is 0 Å². The van der Waals surface area contributed by atoms with Gasteiger partial charge in [0.25, 0.3) is 0 Å². The summed E-state index contributed by atoms with van der Waals surface area (Å²) >= 11 is 0. The van der Waals surface area contributed by atoms with Gasteiger partial charge in [-0.2, -0.15) is 6.42 Å². The van der Waals surface area contributed by atoms with Crippen LogP contribution < -0.4 is 24.2 Å². The van der Waals surface area contributed by atoms with E-state index >= 15 is 0 Å². The second-order valence-electron chi connectivity index (χ2n) is 2.85. The minimum absolute atomic E-state index is 0. The molecule has 1 aliphatic rings. The van der Waals surface area contributed by atoms with E-state index in [-0.39, 0.29) is 26.8 Å². The molecule has 0 nitrogen and oxygen atoms in total. The molecule has 0 spiro atoms. The van der Waals surface area contributed by atoms with E-state index < -0.39 is 0 Å². The standard InChI is InChI=1S/C10H12P.Li/c1-2-6-10(7-3-1)11-8-4-5-9-11;/h1-3,6-8H,4-5,9H2;/q-1;+1. The number of rotatable bonds is 1. The Kier molecular flexibility index (Phi) is 4.37. The van der Waals surface area contributed by atoms with E-state index in [1.54, 1.807) is 5.30 Å². The minimum Gasteiger partial charge on any atom is -0.298 e. The van der Waals surface area contributed by atoms with Crippen LogP contribution in [0.2, 0.25) is 0 Å². The predicted octanol–water partition coefficient (Wildman–Crippen LogP) is -0.247. The first kappa shape index (κ1) is 10.3. The van der Waals surface area contributed by atoms with Gasteiger partial charge in [-0.15, -0.1) is 0 Å². The van der Waals surface area contributed by atoms with E-state index in [0.29, 0.717) is 0 Å². The van der Waals surface area contributed by atoms with Gasteiger partial charge in [-0.05, 0) is 0 Å². The van der Waals surface area contributed by atoms with Crippen molar-refractivity contribution in [3.05, 3.63) is 36.5 Å². The maximum Gasteiger partial charge on any atom is 1.00 e. The summed E-state index contributed by atoms with van der Waals surface area (Å²) in [6.45, 7) is 0. The van der Waals surface area contributed by atoms with Crippen molar-refractivity contribution in [1.29, 1.82) is 0 Å². The van der Waals surface area contributed by atoms with Gasteiger partial charge in [-0.3, -0.25) is 6.16 Å². The van der Waals surface area contributed by atoms with Gasteiger partial charge in [0, 0.05) is 0 Å². The average molecular weight is 170 g/mol. The zero-order valence-electron chi connectivity index (χ0n) is 7.53. The quantitative estimate of drug-likeness (QED) is 0.310. The second kappa shape index (κ2) is 5.08.